The number of likely N-dealkylation sites (tertiary alicyclic amines) is 2. The van der Waals surface area contributed by atoms with Crippen molar-refractivity contribution in [2.45, 2.75) is 65.1 Å². The molecule has 0 aliphatic carbocycles. The highest BCUT2D eigenvalue weighted by atomic mass is 35.5. The van der Waals surface area contributed by atoms with Gasteiger partial charge in [0.05, 0.1) is 29.4 Å². The molecule has 0 unspecified atom stereocenters. The topological polar surface area (TPSA) is 111 Å². The SMILES string of the molecule is Cc1c(COc2cc(OCc3cncc(C#N)c3)c(CN3CC[C@@H](O)C3)cc2Cl)cccc1-c1cccc(OCCCN2CC[C@@H](O)C2)c1C. The van der Waals surface area contributed by atoms with Gasteiger partial charge in [-0.3, -0.25) is 9.88 Å². The fraction of sp³-hybridized carbons (Fsp3) is 0.400. The van der Waals surface area contributed by atoms with Gasteiger partial charge in [-0.05, 0) is 79.1 Å². The summed E-state index contributed by atoms with van der Waals surface area (Å²) in [5, 5.41) is 29.7. The minimum atomic E-state index is -0.337. The van der Waals surface area contributed by atoms with Crippen LogP contribution in [0.15, 0.2) is 67.0 Å². The zero-order valence-electron chi connectivity index (χ0n) is 28.8. The lowest BCUT2D eigenvalue weighted by molar-refractivity contribution is 0.173. The second-order valence-corrected chi connectivity index (χ2v) is 13.7. The van der Waals surface area contributed by atoms with Crippen molar-refractivity contribution < 1.29 is 24.4 Å². The summed E-state index contributed by atoms with van der Waals surface area (Å²) >= 11 is 6.82. The first-order valence-electron chi connectivity index (χ1n) is 17.3. The average Bonchev–Trinajstić information content (AvgIpc) is 3.73. The van der Waals surface area contributed by atoms with E-state index >= 15 is 0 Å². The number of β-amino-alcohol motifs (C(OH)–C–C–N with tert-alkyl or cyclic N) is 2. The molecule has 6 rings (SSSR count). The van der Waals surface area contributed by atoms with Gasteiger partial charge in [-0.1, -0.05) is 41.9 Å². The van der Waals surface area contributed by atoms with E-state index in [-0.39, 0.29) is 18.8 Å². The Kier molecular flexibility index (Phi) is 11.9. The molecule has 1 aromatic heterocycles. The number of aliphatic hydroxyl groups is 2. The highest BCUT2D eigenvalue weighted by molar-refractivity contribution is 6.32. The van der Waals surface area contributed by atoms with Gasteiger partial charge >= 0.3 is 0 Å². The number of rotatable bonds is 14. The molecule has 0 amide bonds. The number of pyridine rings is 1. The predicted molar refractivity (Wildman–Crippen MR) is 193 cm³/mol. The Morgan fingerprint density at radius 1 is 0.820 bits per heavy atom. The summed E-state index contributed by atoms with van der Waals surface area (Å²) in [6.07, 6.45) is 5.17. The van der Waals surface area contributed by atoms with Crippen molar-refractivity contribution in [2.75, 3.05) is 39.3 Å². The van der Waals surface area contributed by atoms with Crippen LogP contribution < -0.4 is 14.2 Å². The molecule has 50 heavy (non-hydrogen) atoms. The number of ether oxygens (including phenoxy) is 3. The summed E-state index contributed by atoms with van der Waals surface area (Å²) in [6, 6.07) is 20.0. The van der Waals surface area contributed by atoms with E-state index in [9.17, 15) is 15.5 Å². The molecule has 0 radical (unpaired) electrons. The fourth-order valence-electron chi connectivity index (χ4n) is 6.77. The molecule has 262 valence electrons. The first kappa shape index (κ1) is 35.6. The summed E-state index contributed by atoms with van der Waals surface area (Å²) in [5.74, 6) is 2.02. The van der Waals surface area contributed by atoms with Crippen LogP contribution in [-0.2, 0) is 19.8 Å². The van der Waals surface area contributed by atoms with Gasteiger partial charge in [0.2, 0.25) is 0 Å². The van der Waals surface area contributed by atoms with Gasteiger partial charge in [0.1, 0.15) is 36.5 Å². The van der Waals surface area contributed by atoms with Crippen LogP contribution in [-0.4, -0.2) is 76.5 Å². The minimum Gasteiger partial charge on any atom is -0.493 e. The smallest absolute Gasteiger partial charge is 0.142 e. The van der Waals surface area contributed by atoms with Crippen LogP contribution in [0.3, 0.4) is 0 Å². The monoisotopic (exact) mass is 696 g/mol. The Morgan fingerprint density at radius 3 is 2.28 bits per heavy atom. The molecule has 0 bridgehead atoms. The van der Waals surface area contributed by atoms with E-state index in [1.807, 2.05) is 30.3 Å². The van der Waals surface area contributed by atoms with E-state index in [4.69, 9.17) is 25.8 Å². The molecule has 2 aliphatic heterocycles. The quantitative estimate of drug-likeness (QED) is 0.144. The maximum Gasteiger partial charge on any atom is 0.142 e. The molecule has 2 aliphatic rings. The molecule has 4 aromatic rings. The summed E-state index contributed by atoms with van der Waals surface area (Å²) < 4.78 is 18.9. The Labute approximate surface area is 299 Å². The lowest BCUT2D eigenvalue weighted by atomic mass is 9.93. The third kappa shape index (κ3) is 8.94. The van der Waals surface area contributed by atoms with E-state index in [1.165, 1.54) is 6.20 Å². The predicted octanol–water partition coefficient (Wildman–Crippen LogP) is 6.45. The molecule has 2 atom stereocenters. The Bertz CT molecular complexity index is 1830. The summed E-state index contributed by atoms with van der Waals surface area (Å²) in [7, 11) is 0. The third-order valence-corrected chi connectivity index (χ3v) is 9.90. The number of hydrogen-bond donors (Lipinski definition) is 2. The van der Waals surface area contributed by atoms with Crippen molar-refractivity contribution >= 4 is 11.6 Å². The molecule has 3 heterocycles. The molecule has 0 saturated carbocycles. The van der Waals surface area contributed by atoms with Gasteiger partial charge in [0, 0.05) is 68.9 Å². The van der Waals surface area contributed by atoms with Gasteiger partial charge < -0.3 is 29.3 Å². The third-order valence-electron chi connectivity index (χ3n) is 9.60. The van der Waals surface area contributed by atoms with Crippen LogP contribution in [0.1, 0.15) is 52.6 Å². The summed E-state index contributed by atoms with van der Waals surface area (Å²) in [6.45, 7) is 9.96. The number of nitriles is 1. The van der Waals surface area contributed by atoms with Gasteiger partial charge in [0.15, 0.2) is 0 Å². The number of benzene rings is 3. The Balaban J connectivity index is 1.16. The molecule has 9 nitrogen and oxygen atoms in total. The van der Waals surface area contributed by atoms with Crippen molar-refractivity contribution in [2.24, 2.45) is 0 Å². The lowest BCUT2D eigenvalue weighted by Gasteiger charge is -2.20. The summed E-state index contributed by atoms with van der Waals surface area (Å²) in [5.41, 5.74) is 7.62. The van der Waals surface area contributed by atoms with Crippen LogP contribution in [0, 0.1) is 25.2 Å². The van der Waals surface area contributed by atoms with Crippen LogP contribution in [0.5, 0.6) is 17.2 Å². The lowest BCUT2D eigenvalue weighted by Crippen LogP contribution is -2.24. The Hall–Kier alpha value is -4.17. The van der Waals surface area contributed by atoms with Gasteiger partial charge in [-0.25, -0.2) is 0 Å². The molecular formula is C40H45ClN4O5. The van der Waals surface area contributed by atoms with Gasteiger partial charge in [-0.2, -0.15) is 5.26 Å². The van der Waals surface area contributed by atoms with E-state index in [0.717, 1.165) is 90.1 Å². The number of nitrogens with zero attached hydrogens (tertiary/aromatic N) is 4. The zero-order valence-corrected chi connectivity index (χ0v) is 29.5. The number of hydrogen-bond acceptors (Lipinski definition) is 9. The second-order valence-electron chi connectivity index (χ2n) is 13.3. The maximum absolute atomic E-state index is 10.1. The minimum absolute atomic E-state index is 0.201. The molecule has 2 fully saturated rings. The highest BCUT2D eigenvalue weighted by Crippen LogP contribution is 2.37. The van der Waals surface area contributed by atoms with E-state index < -0.39 is 0 Å². The van der Waals surface area contributed by atoms with Crippen molar-refractivity contribution in [1.29, 1.82) is 5.26 Å². The molecule has 3 aromatic carbocycles. The van der Waals surface area contributed by atoms with Crippen molar-refractivity contribution in [3.63, 3.8) is 0 Å². The second kappa shape index (κ2) is 16.7. The van der Waals surface area contributed by atoms with Crippen LogP contribution in [0.2, 0.25) is 5.02 Å². The first-order valence-corrected chi connectivity index (χ1v) is 17.7. The van der Waals surface area contributed by atoms with Crippen LogP contribution >= 0.6 is 11.6 Å². The van der Waals surface area contributed by atoms with Crippen LogP contribution in [0.25, 0.3) is 11.1 Å². The maximum atomic E-state index is 10.1. The molecule has 0 spiro atoms. The number of halogens is 1. The zero-order chi connectivity index (χ0) is 35.0. The molecule has 2 N–H and O–H groups in total. The molecule has 10 heteroatoms. The highest BCUT2D eigenvalue weighted by Gasteiger charge is 2.23. The first-order chi connectivity index (χ1) is 24.3. The van der Waals surface area contributed by atoms with E-state index in [1.54, 1.807) is 12.3 Å². The number of aromatic nitrogens is 1. The largest absolute Gasteiger partial charge is 0.493 e. The standard InChI is InChI=1S/C40H45ClN4O5/c1-27-31(6-3-7-35(27)36-8-4-9-38(28(36)2)48-15-5-12-44-13-10-33(46)23-44)26-50-40-18-39(49-25-30-16-29(19-42)20-43-21-30)32(17-37(40)41)22-45-14-11-34(47)24-45/h3-4,6-9,16-18,20-21,33-34,46-47H,5,10-15,22-26H2,1-2H3/t33-,34-/m1/s1. The molecular weight excluding hydrogens is 652 g/mol. The van der Waals surface area contributed by atoms with Gasteiger partial charge in [0.25, 0.3) is 0 Å². The number of aliphatic hydroxyl groups excluding tert-OH is 2. The van der Waals surface area contributed by atoms with Gasteiger partial charge in [-0.15, -0.1) is 0 Å². The van der Waals surface area contributed by atoms with Crippen LogP contribution in [0.4, 0.5) is 0 Å². The van der Waals surface area contributed by atoms with Crippen molar-refractivity contribution in [3.05, 3.63) is 105 Å². The van der Waals surface area contributed by atoms with Crippen molar-refractivity contribution in [3.8, 4) is 34.4 Å². The van der Waals surface area contributed by atoms with Crippen molar-refractivity contribution in [1.82, 2.24) is 14.8 Å². The molecule has 2 saturated heterocycles. The normalized spacial score (nSPS) is 17.9. The van der Waals surface area contributed by atoms with E-state index in [2.05, 4.69) is 52.9 Å². The average molecular weight is 697 g/mol. The summed E-state index contributed by atoms with van der Waals surface area (Å²) in [4.78, 5) is 8.63. The Morgan fingerprint density at radius 2 is 1.54 bits per heavy atom. The fourth-order valence-corrected chi connectivity index (χ4v) is 7.01. The van der Waals surface area contributed by atoms with E-state index in [0.29, 0.717) is 48.4 Å².